The molecule has 0 aromatic rings. The summed E-state index contributed by atoms with van der Waals surface area (Å²) in [5, 5.41) is 7.28. The zero-order valence-electron chi connectivity index (χ0n) is 23.9. The summed E-state index contributed by atoms with van der Waals surface area (Å²) in [7, 11) is 3.95. The van der Waals surface area contributed by atoms with Gasteiger partial charge in [0.1, 0.15) is 5.72 Å². The van der Waals surface area contributed by atoms with E-state index in [0.29, 0.717) is 35.4 Å². The maximum Gasteiger partial charge on any atom is 0.234 e. The Morgan fingerprint density at radius 2 is 1.75 bits per heavy atom. The predicted molar refractivity (Wildman–Crippen MR) is 144 cm³/mol. The number of carbonyl (C=O) groups is 1. The van der Waals surface area contributed by atoms with Crippen LogP contribution in [0.2, 0.25) is 0 Å². The molecule has 0 aromatic carbocycles. The van der Waals surface area contributed by atoms with Crippen molar-refractivity contribution in [1.82, 2.24) is 15.5 Å². The second kappa shape index (κ2) is 8.95. The van der Waals surface area contributed by atoms with Gasteiger partial charge in [0.25, 0.3) is 0 Å². The lowest BCUT2D eigenvalue weighted by atomic mass is 9.44. The summed E-state index contributed by atoms with van der Waals surface area (Å²) in [5.41, 5.74) is 0.852. The van der Waals surface area contributed by atoms with E-state index in [0.717, 1.165) is 48.5 Å². The highest BCUT2D eigenvalue weighted by Crippen LogP contribution is 2.71. The molecule has 4 saturated carbocycles. The van der Waals surface area contributed by atoms with Crippen molar-refractivity contribution in [3.05, 3.63) is 0 Å². The molecule has 5 nitrogen and oxygen atoms in total. The van der Waals surface area contributed by atoms with Crippen LogP contribution in [0.1, 0.15) is 91.9 Å². The summed E-state index contributed by atoms with van der Waals surface area (Å²) < 4.78 is 7.07. The number of hydrogen-bond acceptors (Lipinski definition) is 4. The van der Waals surface area contributed by atoms with E-state index in [2.05, 4.69) is 38.3 Å². The fraction of sp³-hybridized carbons (Fsp3) is 0.968. The Labute approximate surface area is 220 Å². The van der Waals surface area contributed by atoms with Gasteiger partial charge in [-0.1, -0.05) is 27.7 Å². The van der Waals surface area contributed by atoms with Gasteiger partial charge in [-0.3, -0.25) is 10.1 Å². The normalized spacial score (nSPS) is 54.0. The smallest absolute Gasteiger partial charge is 0.234 e. The zero-order chi connectivity index (χ0) is 25.5. The van der Waals surface area contributed by atoms with Crippen LogP contribution in [0, 0.1) is 52.3 Å². The molecule has 2 saturated heterocycles. The first-order valence-electron chi connectivity index (χ1n) is 15.4. The standard InChI is InChI=1S/C31H53N3O2/c1-19-9-14-31(32-17-19)20(2)28-26(36-31)16-25-23-8-7-21-15-22(33-27(35)18-34(5)6)10-12-29(21,3)24(23)11-13-30(25,28)4/h19-26,28,32H,7-18H2,1-6H3,(H,33,35)/t19-,20+,21+,22-,23-,24+,25+,26+,28+,29+,30+,31-/m1/s1. The molecule has 0 unspecified atom stereocenters. The van der Waals surface area contributed by atoms with Crippen LogP contribution in [0.4, 0.5) is 0 Å². The van der Waals surface area contributed by atoms with E-state index in [1.807, 2.05) is 19.0 Å². The van der Waals surface area contributed by atoms with Gasteiger partial charge in [0.2, 0.25) is 5.91 Å². The highest BCUT2D eigenvalue weighted by molar-refractivity contribution is 5.78. The number of likely N-dealkylation sites (N-methyl/N-ethyl adjacent to an activating group) is 1. The van der Waals surface area contributed by atoms with Gasteiger partial charge in [-0.05, 0) is 125 Å². The summed E-state index contributed by atoms with van der Waals surface area (Å²) in [6.07, 6.45) is 13.5. The lowest BCUT2D eigenvalue weighted by molar-refractivity contribution is -0.136. The fourth-order valence-corrected chi connectivity index (χ4v) is 11.1. The first-order chi connectivity index (χ1) is 17.1. The SMILES string of the molecule is C[C@@H]1CC[C@@]2(NC1)O[C@H]1C[C@H]3[C@@H]4CC[C@H]5C[C@H](NC(=O)CN(C)C)CC[C@]5(C)[C@H]4CC[C@]3(C)[C@H]1[C@@H]2C. The van der Waals surface area contributed by atoms with E-state index in [4.69, 9.17) is 4.74 Å². The minimum atomic E-state index is -0.0499. The van der Waals surface area contributed by atoms with E-state index in [1.54, 1.807) is 0 Å². The molecule has 0 radical (unpaired) electrons. The van der Waals surface area contributed by atoms with E-state index in [9.17, 15) is 4.79 Å². The van der Waals surface area contributed by atoms with Gasteiger partial charge in [0.15, 0.2) is 0 Å². The second-order valence-corrected chi connectivity index (χ2v) is 15.1. The maximum absolute atomic E-state index is 12.4. The quantitative estimate of drug-likeness (QED) is 0.570. The number of ether oxygens (including phenoxy) is 1. The van der Waals surface area contributed by atoms with Crippen LogP contribution in [0.25, 0.3) is 0 Å². The molecule has 12 atom stereocenters. The Balaban J connectivity index is 1.15. The van der Waals surface area contributed by atoms with Crippen molar-refractivity contribution < 1.29 is 9.53 Å². The average molecular weight is 500 g/mol. The zero-order valence-corrected chi connectivity index (χ0v) is 23.9. The molecule has 36 heavy (non-hydrogen) atoms. The molecule has 2 aliphatic heterocycles. The Bertz CT molecular complexity index is 853. The van der Waals surface area contributed by atoms with E-state index in [-0.39, 0.29) is 11.6 Å². The van der Waals surface area contributed by atoms with Crippen molar-refractivity contribution in [2.75, 3.05) is 27.2 Å². The van der Waals surface area contributed by atoms with Gasteiger partial charge in [0, 0.05) is 18.5 Å². The highest BCUT2D eigenvalue weighted by atomic mass is 16.5. The molecule has 0 bridgehead atoms. The minimum Gasteiger partial charge on any atom is -0.357 e. The molecular weight excluding hydrogens is 446 g/mol. The Morgan fingerprint density at radius 1 is 0.972 bits per heavy atom. The van der Waals surface area contributed by atoms with Crippen LogP contribution in [0.15, 0.2) is 0 Å². The van der Waals surface area contributed by atoms with Crippen LogP contribution in [-0.4, -0.2) is 55.9 Å². The molecule has 6 fully saturated rings. The topological polar surface area (TPSA) is 53.6 Å². The molecule has 5 heteroatoms. The lowest BCUT2D eigenvalue weighted by Crippen LogP contribution is -2.58. The first-order valence-corrected chi connectivity index (χ1v) is 15.4. The maximum atomic E-state index is 12.4. The van der Waals surface area contributed by atoms with Crippen molar-refractivity contribution in [2.45, 2.75) is 110 Å². The molecule has 6 aliphatic rings. The second-order valence-electron chi connectivity index (χ2n) is 15.1. The van der Waals surface area contributed by atoms with Crippen molar-refractivity contribution in [3.8, 4) is 0 Å². The van der Waals surface area contributed by atoms with Crippen LogP contribution >= 0.6 is 0 Å². The molecule has 2 heterocycles. The van der Waals surface area contributed by atoms with Gasteiger partial charge >= 0.3 is 0 Å². The van der Waals surface area contributed by atoms with E-state index >= 15 is 0 Å². The largest absolute Gasteiger partial charge is 0.357 e. The number of rotatable bonds is 3. The third-order valence-electron chi connectivity index (χ3n) is 13.0. The predicted octanol–water partition coefficient (Wildman–Crippen LogP) is 5.05. The van der Waals surface area contributed by atoms with Crippen LogP contribution < -0.4 is 10.6 Å². The fourth-order valence-electron chi connectivity index (χ4n) is 11.1. The summed E-state index contributed by atoms with van der Waals surface area (Å²) >= 11 is 0. The van der Waals surface area contributed by atoms with Crippen LogP contribution in [-0.2, 0) is 9.53 Å². The average Bonchev–Trinajstić information content (AvgIpc) is 3.26. The summed E-state index contributed by atoms with van der Waals surface area (Å²) in [6.45, 7) is 11.8. The molecule has 1 amide bonds. The van der Waals surface area contributed by atoms with E-state index in [1.165, 1.54) is 57.8 Å². The number of carbonyl (C=O) groups excluding carboxylic acids is 1. The molecule has 1 spiro atoms. The molecule has 0 aromatic heterocycles. The van der Waals surface area contributed by atoms with Gasteiger partial charge in [-0.2, -0.15) is 0 Å². The number of nitrogens with zero attached hydrogens (tertiary/aromatic N) is 1. The summed E-state index contributed by atoms with van der Waals surface area (Å²) in [4.78, 5) is 14.4. The Kier molecular flexibility index (Phi) is 6.37. The summed E-state index contributed by atoms with van der Waals surface area (Å²) in [5.74, 6) is 5.66. The van der Waals surface area contributed by atoms with Crippen LogP contribution in [0.5, 0.6) is 0 Å². The van der Waals surface area contributed by atoms with Gasteiger partial charge in [0.05, 0.1) is 12.6 Å². The molecular formula is C31H53N3O2. The highest BCUT2D eigenvalue weighted by Gasteiger charge is 2.68. The van der Waals surface area contributed by atoms with Gasteiger partial charge in [-0.15, -0.1) is 0 Å². The third-order valence-corrected chi connectivity index (χ3v) is 13.0. The monoisotopic (exact) mass is 499 g/mol. The lowest BCUT2D eigenvalue weighted by Gasteiger charge is -2.61. The molecule has 2 N–H and O–H groups in total. The molecule has 4 aliphatic carbocycles. The van der Waals surface area contributed by atoms with Crippen molar-refractivity contribution >= 4 is 5.91 Å². The third kappa shape index (κ3) is 3.84. The number of piperidine rings is 1. The number of nitrogens with one attached hydrogen (secondary N) is 2. The minimum absolute atomic E-state index is 0.0499. The van der Waals surface area contributed by atoms with Gasteiger partial charge in [-0.25, -0.2) is 0 Å². The Morgan fingerprint density at radius 3 is 2.47 bits per heavy atom. The number of amides is 1. The van der Waals surface area contributed by atoms with Gasteiger partial charge < -0.3 is 15.0 Å². The van der Waals surface area contributed by atoms with Crippen molar-refractivity contribution in [3.63, 3.8) is 0 Å². The molecule has 204 valence electrons. The van der Waals surface area contributed by atoms with Crippen molar-refractivity contribution in [1.29, 1.82) is 0 Å². The van der Waals surface area contributed by atoms with Crippen LogP contribution in [0.3, 0.4) is 0 Å². The first kappa shape index (κ1) is 25.6. The Hall–Kier alpha value is -0.650. The van der Waals surface area contributed by atoms with Crippen molar-refractivity contribution in [2.24, 2.45) is 52.3 Å². The van der Waals surface area contributed by atoms with E-state index < -0.39 is 0 Å². The summed E-state index contributed by atoms with van der Waals surface area (Å²) in [6, 6.07) is 0.378. The number of hydrogen-bond donors (Lipinski definition) is 2. The number of fused-ring (bicyclic) bond motifs is 7. The molecule has 6 rings (SSSR count).